The van der Waals surface area contributed by atoms with E-state index in [-0.39, 0.29) is 0 Å². The van der Waals surface area contributed by atoms with E-state index in [1.54, 1.807) is 12.3 Å². The number of aromatic nitrogens is 1. The summed E-state index contributed by atoms with van der Waals surface area (Å²) in [6.45, 7) is 0. The van der Waals surface area contributed by atoms with Gasteiger partial charge in [0.1, 0.15) is 4.60 Å². The lowest BCUT2D eigenvalue weighted by Gasteiger charge is -1.79. The van der Waals surface area contributed by atoms with Crippen molar-refractivity contribution in [3.05, 3.63) is 29.0 Å². The maximum absolute atomic E-state index is 3.84. The molecule has 0 N–H and O–H groups in total. The average molecular weight is 157 g/mol. The summed E-state index contributed by atoms with van der Waals surface area (Å²) in [5, 5.41) is 0. The van der Waals surface area contributed by atoms with Crippen LogP contribution in [0.2, 0.25) is 0 Å². The molecule has 0 bridgehead atoms. The van der Waals surface area contributed by atoms with E-state index in [0.717, 1.165) is 4.60 Å². The second-order valence-electron chi connectivity index (χ2n) is 1.08. The molecule has 0 spiro atoms. The first-order valence-corrected chi connectivity index (χ1v) is 2.66. The summed E-state index contributed by atoms with van der Waals surface area (Å²) in [5.74, 6) is 0. The third-order valence-corrected chi connectivity index (χ3v) is 1.05. The quantitative estimate of drug-likeness (QED) is 0.521. The first kappa shape index (κ1) is 4.78. The van der Waals surface area contributed by atoms with Crippen LogP contribution in [-0.4, -0.2) is 4.98 Å². The topological polar surface area (TPSA) is 12.9 Å². The van der Waals surface area contributed by atoms with Crippen LogP contribution in [0.3, 0.4) is 0 Å². The molecule has 0 aliphatic rings. The first-order valence-electron chi connectivity index (χ1n) is 1.87. The zero-order chi connectivity index (χ0) is 5.11. The molecule has 1 rings (SSSR count). The van der Waals surface area contributed by atoms with Gasteiger partial charge in [0.25, 0.3) is 0 Å². The molecule has 2 heteroatoms. The minimum atomic E-state index is 0.853. The number of pyridine rings is 1. The minimum absolute atomic E-state index is 0.853. The van der Waals surface area contributed by atoms with Crippen molar-refractivity contribution < 1.29 is 0 Å². The summed E-state index contributed by atoms with van der Waals surface area (Å²) in [7, 11) is 0. The fourth-order valence-corrected chi connectivity index (χ4v) is 0.536. The van der Waals surface area contributed by atoms with E-state index in [2.05, 4.69) is 27.0 Å². The predicted octanol–water partition coefficient (Wildman–Crippen LogP) is 1.64. The van der Waals surface area contributed by atoms with Crippen molar-refractivity contribution in [1.82, 2.24) is 4.98 Å². The van der Waals surface area contributed by atoms with Crippen LogP contribution in [0.5, 0.6) is 0 Å². The Kier molecular flexibility index (Phi) is 1.42. The summed E-state index contributed by atoms with van der Waals surface area (Å²) in [5.41, 5.74) is 0. The van der Waals surface area contributed by atoms with E-state index >= 15 is 0 Å². The molecular formula is C5H3BrN. The Balaban J connectivity index is 3.02. The van der Waals surface area contributed by atoms with Gasteiger partial charge in [-0.1, -0.05) is 6.07 Å². The molecule has 0 atom stereocenters. The van der Waals surface area contributed by atoms with Gasteiger partial charge in [0.05, 0.1) is 0 Å². The standard InChI is InChI=1S/C5H3BrN/c6-5-3-1-2-4-7-5/h1,3-4H. The highest BCUT2D eigenvalue weighted by Crippen LogP contribution is 1.99. The lowest BCUT2D eigenvalue weighted by Crippen LogP contribution is -1.67. The van der Waals surface area contributed by atoms with Crippen LogP contribution in [0.25, 0.3) is 0 Å². The van der Waals surface area contributed by atoms with Crippen molar-refractivity contribution >= 4 is 15.9 Å². The molecule has 0 saturated carbocycles. The van der Waals surface area contributed by atoms with Gasteiger partial charge in [-0.05, 0) is 22.0 Å². The smallest absolute Gasteiger partial charge is 0.106 e. The highest BCUT2D eigenvalue weighted by atomic mass is 79.9. The summed E-state index contributed by atoms with van der Waals surface area (Å²) < 4.78 is 0.853. The van der Waals surface area contributed by atoms with Crippen molar-refractivity contribution in [2.75, 3.05) is 0 Å². The molecule has 0 aromatic carbocycles. The van der Waals surface area contributed by atoms with Gasteiger partial charge in [0.2, 0.25) is 0 Å². The molecule has 0 aliphatic carbocycles. The third-order valence-electron chi connectivity index (χ3n) is 0.580. The van der Waals surface area contributed by atoms with Crippen molar-refractivity contribution in [2.45, 2.75) is 0 Å². The van der Waals surface area contributed by atoms with E-state index in [4.69, 9.17) is 0 Å². The molecule has 0 saturated heterocycles. The van der Waals surface area contributed by atoms with Crippen molar-refractivity contribution in [3.63, 3.8) is 0 Å². The average Bonchev–Trinajstić information content (AvgIpc) is 1.69. The second kappa shape index (κ2) is 2.07. The maximum atomic E-state index is 3.84. The molecule has 0 aliphatic heterocycles. The molecule has 7 heavy (non-hydrogen) atoms. The van der Waals surface area contributed by atoms with Crippen molar-refractivity contribution in [2.24, 2.45) is 0 Å². The fraction of sp³-hybridized carbons (Fsp3) is 0. The zero-order valence-corrected chi connectivity index (χ0v) is 5.14. The second-order valence-corrected chi connectivity index (χ2v) is 1.89. The van der Waals surface area contributed by atoms with Gasteiger partial charge >= 0.3 is 0 Å². The van der Waals surface area contributed by atoms with E-state index in [0.29, 0.717) is 0 Å². The molecule has 0 amide bonds. The molecule has 0 fully saturated rings. The van der Waals surface area contributed by atoms with Gasteiger partial charge in [0, 0.05) is 12.3 Å². The predicted molar refractivity (Wildman–Crippen MR) is 30.8 cm³/mol. The molecule has 0 unspecified atom stereocenters. The van der Waals surface area contributed by atoms with Gasteiger partial charge in [0.15, 0.2) is 0 Å². The van der Waals surface area contributed by atoms with Crippen LogP contribution in [0, 0.1) is 6.07 Å². The van der Waals surface area contributed by atoms with Crippen LogP contribution in [0.15, 0.2) is 22.9 Å². The summed E-state index contributed by atoms with van der Waals surface area (Å²) in [6, 6.07) is 6.43. The molecule has 1 radical (unpaired) electrons. The highest BCUT2D eigenvalue weighted by molar-refractivity contribution is 9.10. The van der Waals surface area contributed by atoms with Gasteiger partial charge in [-0.15, -0.1) is 0 Å². The lowest BCUT2D eigenvalue weighted by molar-refractivity contribution is 1.27. The number of hydrogen-bond donors (Lipinski definition) is 0. The normalized spacial score (nSPS) is 8.71. The van der Waals surface area contributed by atoms with Crippen molar-refractivity contribution in [3.8, 4) is 0 Å². The van der Waals surface area contributed by atoms with Crippen LogP contribution < -0.4 is 0 Å². The molecule has 1 heterocycles. The van der Waals surface area contributed by atoms with Crippen LogP contribution in [-0.2, 0) is 0 Å². The number of rotatable bonds is 0. The molecule has 1 aromatic heterocycles. The molecule has 1 nitrogen and oxygen atoms in total. The number of halogens is 1. The van der Waals surface area contributed by atoms with E-state index < -0.39 is 0 Å². The SMILES string of the molecule is Brc1cc[c]cn1. The Morgan fingerprint density at radius 2 is 2.57 bits per heavy atom. The Labute approximate surface area is 50.5 Å². The molecular weight excluding hydrogens is 154 g/mol. The third kappa shape index (κ3) is 1.27. The van der Waals surface area contributed by atoms with Gasteiger partial charge < -0.3 is 0 Å². The number of nitrogens with zero attached hydrogens (tertiary/aromatic N) is 1. The van der Waals surface area contributed by atoms with Crippen LogP contribution >= 0.6 is 15.9 Å². The van der Waals surface area contributed by atoms with E-state index in [9.17, 15) is 0 Å². The maximum Gasteiger partial charge on any atom is 0.106 e. The Hall–Kier alpha value is -0.370. The summed E-state index contributed by atoms with van der Waals surface area (Å²) in [4.78, 5) is 3.84. The van der Waals surface area contributed by atoms with E-state index in [1.807, 2.05) is 6.07 Å². The molecule has 1 aromatic rings. The Morgan fingerprint density at radius 1 is 1.71 bits per heavy atom. The van der Waals surface area contributed by atoms with Gasteiger partial charge in [-0.25, -0.2) is 4.98 Å². The minimum Gasteiger partial charge on any atom is -0.249 e. The van der Waals surface area contributed by atoms with E-state index in [1.165, 1.54) is 0 Å². The van der Waals surface area contributed by atoms with Gasteiger partial charge in [-0.2, -0.15) is 0 Å². The van der Waals surface area contributed by atoms with Crippen LogP contribution in [0.4, 0.5) is 0 Å². The first-order chi connectivity index (χ1) is 3.39. The summed E-state index contributed by atoms with van der Waals surface area (Å²) >= 11 is 3.18. The largest absolute Gasteiger partial charge is 0.249 e. The number of hydrogen-bond acceptors (Lipinski definition) is 1. The monoisotopic (exact) mass is 156 g/mol. The lowest BCUT2D eigenvalue weighted by atomic mass is 10.5. The Bertz CT molecular complexity index is 138. The summed E-state index contributed by atoms with van der Waals surface area (Å²) in [6.07, 6.45) is 1.62. The molecule has 35 valence electrons. The highest BCUT2D eigenvalue weighted by Gasteiger charge is 1.76. The zero-order valence-electron chi connectivity index (χ0n) is 3.56. The fourth-order valence-electron chi connectivity index (χ4n) is 0.302. The van der Waals surface area contributed by atoms with Crippen molar-refractivity contribution in [1.29, 1.82) is 0 Å². The Morgan fingerprint density at radius 3 is 2.86 bits per heavy atom. The van der Waals surface area contributed by atoms with Crippen LogP contribution in [0.1, 0.15) is 0 Å². The van der Waals surface area contributed by atoms with Gasteiger partial charge in [-0.3, -0.25) is 0 Å².